The lowest BCUT2D eigenvalue weighted by atomic mass is 9.91. The molecule has 0 radical (unpaired) electrons. The van der Waals surface area contributed by atoms with Crippen LogP contribution in [0.2, 0.25) is 0 Å². The summed E-state index contributed by atoms with van der Waals surface area (Å²) in [4.78, 5) is 3.59. The fourth-order valence-corrected chi connectivity index (χ4v) is 4.79. The normalized spacial score (nSPS) is 12.3. The van der Waals surface area contributed by atoms with Crippen molar-refractivity contribution in [2.24, 2.45) is 0 Å². The van der Waals surface area contributed by atoms with E-state index >= 15 is 0 Å². The standard InChI is InChI=1S/C25H14N2O2/c28-15-6-1-5-14(13-15)27-18-9-2-7-16-22(18)25-23-17(26-16)8-3-11-20(23)29-21-12-4-10-19(27)24(21)25/h1-13,28H/p+1. The van der Waals surface area contributed by atoms with Crippen molar-refractivity contribution in [2.75, 3.05) is 0 Å². The van der Waals surface area contributed by atoms with E-state index in [0.29, 0.717) is 0 Å². The molecule has 2 N–H and O–H groups in total. The molecule has 0 unspecified atom stereocenters. The first-order valence-electron chi connectivity index (χ1n) is 9.61. The lowest BCUT2D eigenvalue weighted by Gasteiger charge is -2.19. The predicted molar refractivity (Wildman–Crippen MR) is 114 cm³/mol. The van der Waals surface area contributed by atoms with Crippen LogP contribution in [0.5, 0.6) is 5.75 Å². The van der Waals surface area contributed by atoms with Crippen LogP contribution >= 0.6 is 0 Å². The fraction of sp³-hybridized carbons (Fsp3) is 0. The van der Waals surface area contributed by atoms with Crippen molar-refractivity contribution in [3.8, 4) is 22.6 Å². The molecule has 2 aliphatic rings. The van der Waals surface area contributed by atoms with Gasteiger partial charge in [-0.2, -0.15) is 4.57 Å². The number of pyridine rings is 2. The van der Waals surface area contributed by atoms with Crippen molar-refractivity contribution < 1.29 is 14.1 Å². The molecule has 0 bridgehead atoms. The van der Waals surface area contributed by atoms with E-state index < -0.39 is 0 Å². The monoisotopic (exact) mass is 375 g/mol. The van der Waals surface area contributed by atoms with Gasteiger partial charge in [0.05, 0.1) is 27.9 Å². The molecule has 4 aromatic carbocycles. The van der Waals surface area contributed by atoms with Crippen LogP contribution in [-0.2, 0) is 0 Å². The summed E-state index contributed by atoms with van der Waals surface area (Å²) in [6.45, 7) is 0. The molecule has 7 rings (SSSR count). The first-order chi connectivity index (χ1) is 14.3. The van der Waals surface area contributed by atoms with Gasteiger partial charge >= 0.3 is 0 Å². The van der Waals surface area contributed by atoms with E-state index in [1.54, 1.807) is 12.1 Å². The van der Waals surface area contributed by atoms with Crippen molar-refractivity contribution >= 4 is 44.0 Å². The average Bonchev–Trinajstić information content (AvgIpc) is 2.74. The molecule has 0 saturated carbocycles. The SMILES string of the molecule is Oc1cccc(-[n+]2c3cccc4[nH]c5cccc6oc7cccc2c7c(c43)-c56)c1. The number of aromatic hydroxyl groups is 1. The highest BCUT2D eigenvalue weighted by molar-refractivity contribution is 6.23. The predicted octanol–water partition coefficient (Wildman–Crippen LogP) is 5.75. The summed E-state index contributed by atoms with van der Waals surface area (Å²) in [6.07, 6.45) is 0. The summed E-state index contributed by atoms with van der Waals surface area (Å²) < 4.78 is 8.52. The van der Waals surface area contributed by atoms with Gasteiger partial charge in [0.15, 0.2) is 0 Å². The lowest BCUT2D eigenvalue weighted by molar-refractivity contribution is -0.537. The smallest absolute Gasteiger partial charge is 0.223 e. The zero-order chi connectivity index (χ0) is 19.1. The topological polar surface area (TPSA) is 53.0 Å². The number of rotatable bonds is 1. The molecule has 3 heterocycles. The Bertz CT molecular complexity index is 1580. The van der Waals surface area contributed by atoms with Crippen LogP contribution in [0.4, 0.5) is 0 Å². The molecule has 5 aromatic rings. The first-order valence-corrected chi connectivity index (χ1v) is 9.61. The van der Waals surface area contributed by atoms with E-state index in [-0.39, 0.29) is 5.75 Å². The van der Waals surface area contributed by atoms with Gasteiger partial charge in [-0.25, -0.2) is 0 Å². The molecule has 4 heteroatoms. The highest BCUT2D eigenvalue weighted by Crippen LogP contribution is 2.46. The Balaban J connectivity index is 1.86. The van der Waals surface area contributed by atoms with E-state index in [9.17, 15) is 5.11 Å². The minimum atomic E-state index is 0.244. The zero-order valence-corrected chi connectivity index (χ0v) is 15.3. The maximum absolute atomic E-state index is 10.1. The number of hydrogen-bond acceptors (Lipinski definition) is 2. The van der Waals surface area contributed by atoms with Crippen LogP contribution in [0.15, 0.2) is 83.3 Å². The van der Waals surface area contributed by atoms with Gasteiger partial charge in [0.1, 0.15) is 16.9 Å². The molecule has 136 valence electrons. The highest BCUT2D eigenvalue weighted by Gasteiger charge is 2.30. The number of phenols is 1. The van der Waals surface area contributed by atoms with Gasteiger partial charge in [-0.05, 0) is 30.3 Å². The van der Waals surface area contributed by atoms with Gasteiger partial charge in [-0.15, -0.1) is 0 Å². The maximum atomic E-state index is 10.1. The van der Waals surface area contributed by atoms with Crippen LogP contribution < -0.4 is 4.57 Å². The van der Waals surface area contributed by atoms with E-state index in [1.807, 2.05) is 36.4 Å². The number of nitrogens with zero attached hydrogens (tertiary/aromatic N) is 1. The van der Waals surface area contributed by atoms with Crippen LogP contribution in [0.3, 0.4) is 0 Å². The molecule has 0 amide bonds. The Labute approximate surface area is 164 Å². The highest BCUT2D eigenvalue weighted by atomic mass is 16.3. The number of nitrogens with one attached hydrogen (secondary N) is 1. The third kappa shape index (κ3) is 1.81. The number of aromatic amines is 1. The molecule has 4 nitrogen and oxygen atoms in total. The van der Waals surface area contributed by atoms with E-state index in [1.165, 1.54) is 10.9 Å². The van der Waals surface area contributed by atoms with Gasteiger partial charge in [-0.1, -0.05) is 24.3 Å². The van der Waals surface area contributed by atoms with Crippen molar-refractivity contribution in [3.63, 3.8) is 0 Å². The summed E-state index contributed by atoms with van der Waals surface area (Å²) in [7, 11) is 0. The Hall–Kier alpha value is -4.05. The van der Waals surface area contributed by atoms with E-state index in [2.05, 4.69) is 39.9 Å². The molecule has 29 heavy (non-hydrogen) atoms. The summed E-state index contributed by atoms with van der Waals surface area (Å²) in [5, 5.41) is 12.4. The van der Waals surface area contributed by atoms with Gasteiger partial charge in [-0.3, -0.25) is 0 Å². The Morgan fingerprint density at radius 2 is 1.41 bits per heavy atom. The number of hydrogen-bond donors (Lipinski definition) is 2. The van der Waals surface area contributed by atoms with Crippen molar-refractivity contribution in [2.45, 2.75) is 0 Å². The minimum Gasteiger partial charge on any atom is -0.508 e. The number of aromatic nitrogens is 2. The summed E-state index contributed by atoms with van der Waals surface area (Å²) in [6, 6.07) is 26.0. The van der Waals surface area contributed by atoms with Crippen molar-refractivity contribution in [1.29, 1.82) is 0 Å². The van der Waals surface area contributed by atoms with Crippen molar-refractivity contribution in [3.05, 3.63) is 78.9 Å². The molecule has 0 saturated heterocycles. The zero-order valence-electron chi connectivity index (χ0n) is 15.3. The molecule has 0 spiro atoms. The van der Waals surface area contributed by atoms with Gasteiger partial charge in [0.2, 0.25) is 16.7 Å². The van der Waals surface area contributed by atoms with Crippen LogP contribution in [0, 0.1) is 0 Å². The Morgan fingerprint density at radius 1 is 0.690 bits per heavy atom. The van der Waals surface area contributed by atoms with Gasteiger partial charge < -0.3 is 14.5 Å². The molecular formula is C25H15N2O2+. The van der Waals surface area contributed by atoms with Crippen LogP contribution in [0.1, 0.15) is 0 Å². The lowest BCUT2D eigenvalue weighted by Crippen LogP contribution is -2.33. The van der Waals surface area contributed by atoms with Gasteiger partial charge in [0.25, 0.3) is 0 Å². The number of benzene rings is 4. The summed E-state index contributed by atoms with van der Waals surface area (Å²) in [5.41, 5.74) is 9.25. The second-order valence-electron chi connectivity index (χ2n) is 7.49. The van der Waals surface area contributed by atoms with Crippen LogP contribution in [0.25, 0.3) is 60.8 Å². The third-order valence-electron chi connectivity index (χ3n) is 5.88. The Kier molecular flexibility index (Phi) is 2.60. The maximum Gasteiger partial charge on any atom is 0.223 e. The van der Waals surface area contributed by atoms with E-state index in [0.717, 1.165) is 49.9 Å². The fourth-order valence-electron chi connectivity index (χ4n) is 4.79. The summed E-state index contributed by atoms with van der Waals surface area (Å²) in [5.74, 6) is 0.244. The second-order valence-corrected chi connectivity index (χ2v) is 7.49. The minimum absolute atomic E-state index is 0.244. The number of H-pyrrole nitrogens is 1. The molecule has 0 fully saturated rings. The van der Waals surface area contributed by atoms with Crippen molar-refractivity contribution in [1.82, 2.24) is 4.98 Å². The molecule has 2 aliphatic heterocycles. The van der Waals surface area contributed by atoms with E-state index in [4.69, 9.17) is 4.42 Å². The van der Waals surface area contributed by atoms with Gasteiger partial charge in [0, 0.05) is 29.3 Å². The first kappa shape index (κ1) is 14.9. The quantitative estimate of drug-likeness (QED) is 0.218. The largest absolute Gasteiger partial charge is 0.508 e. The molecule has 0 atom stereocenters. The molecular weight excluding hydrogens is 360 g/mol. The third-order valence-corrected chi connectivity index (χ3v) is 5.88. The Morgan fingerprint density at radius 3 is 2.31 bits per heavy atom. The van der Waals surface area contributed by atoms with Crippen LogP contribution in [-0.4, -0.2) is 10.1 Å². The second kappa shape index (κ2) is 5.06. The molecule has 1 aromatic heterocycles. The number of phenolic OH excluding ortho intramolecular Hbond substituents is 1. The average molecular weight is 375 g/mol. The molecule has 0 aliphatic carbocycles. The summed E-state index contributed by atoms with van der Waals surface area (Å²) >= 11 is 0.